The Balaban J connectivity index is 1.72. The Bertz CT molecular complexity index is 738. The highest BCUT2D eigenvalue weighted by molar-refractivity contribution is 7.86. The van der Waals surface area contributed by atoms with Crippen LogP contribution in [0.25, 0.3) is 0 Å². The van der Waals surface area contributed by atoms with Gasteiger partial charge in [-0.15, -0.1) is 0 Å². The fraction of sp³-hybridized carbons (Fsp3) is 0.250. The summed E-state index contributed by atoms with van der Waals surface area (Å²) in [6.07, 6.45) is 0. The van der Waals surface area contributed by atoms with Gasteiger partial charge in [-0.2, -0.15) is 8.42 Å². The predicted molar refractivity (Wildman–Crippen MR) is 82.0 cm³/mol. The van der Waals surface area contributed by atoms with Crippen molar-refractivity contribution >= 4 is 15.8 Å². The van der Waals surface area contributed by atoms with Gasteiger partial charge in [0.25, 0.3) is 10.1 Å². The Morgan fingerprint density at radius 1 is 1.14 bits per heavy atom. The highest BCUT2D eigenvalue weighted by Gasteiger charge is 2.25. The van der Waals surface area contributed by atoms with Crippen molar-refractivity contribution in [2.75, 3.05) is 18.5 Å². The summed E-state index contributed by atoms with van der Waals surface area (Å²) in [4.78, 5) is 0.201. The number of hydrogen-bond donors (Lipinski definition) is 1. The van der Waals surface area contributed by atoms with E-state index in [1.54, 1.807) is 24.3 Å². The van der Waals surface area contributed by atoms with E-state index in [0.29, 0.717) is 6.54 Å². The first kappa shape index (κ1) is 14.1. The summed E-state index contributed by atoms with van der Waals surface area (Å²) < 4.78 is 29.6. The fourth-order valence-electron chi connectivity index (χ4n) is 2.45. The van der Waals surface area contributed by atoms with Crippen LogP contribution in [-0.4, -0.2) is 21.6 Å². The van der Waals surface area contributed by atoms with Gasteiger partial charge in [-0.25, -0.2) is 0 Å². The third-order valence-corrected chi connectivity index (χ3v) is 4.97. The molecule has 0 saturated carbocycles. The monoisotopic (exact) mass is 303 g/mol. The minimum atomic E-state index is -3.69. The Morgan fingerprint density at radius 3 is 2.62 bits per heavy atom. The molecule has 2 aromatic carbocycles. The van der Waals surface area contributed by atoms with Crippen LogP contribution in [-0.2, 0) is 14.3 Å². The van der Waals surface area contributed by atoms with Crippen LogP contribution in [0.1, 0.15) is 17.0 Å². The molecule has 0 fully saturated rings. The zero-order valence-corrected chi connectivity index (χ0v) is 12.6. The summed E-state index contributed by atoms with van der Waals surface area (Å²) >= 11 is 0. The van der Waals surface area contributed by atoms with Crippen LogP contribution in [0.3, 0.4) is 0 Å². The van der Waals surface area contributed by atoms with E-state index in [4.69, 9.17) is 4.18 Å². The standard InChI is InChI=1S/C16H17NO3S/c1-12-6-8-14(9-7-12)21(18,19)20-11-13-10-17-16-5-3-2-4-15(13)16/h2-9,13,17H,10-11H2,1H3. The molecule has 0 spiro atoms. The van der Waals surface area contributed by atoms with Crippen molar-refractivity contribution in [3.8, 4) is 0 Å². The maximum Gasteiger partial charge on any atom is 0.296 e. The van der Waals surface area contributed by atoms with Crippen molar-refractivity contribution in [2.24, 2.45) is 0 Å². The maximum atomic E-state index is 12.2. The molecule has 0 bridgehead atoms. The predicted octanol–water partition coefficient (Wildman–Crippen LogP) is 2.91. The molecule has 21 heavy (non-hydrogen) atoms. The van der Waals surface area contributed by atoms with Gasteiger partial charge in [0.05, 0.1) is 11.5 Å². The molecule has 1 aliphatic rings. The first-order valence-electron chi connectivity index (χ1n) is 6.85. The Kier molecular flexibility index (Phi) is 3.69. The molecule has 5 heteroatoms. The quantitative estimate of drug-likeness (QED) is 0.882. The highest BCUT2D eigenvalue weighted by atomic mass is 32.2. The van der Waals surface area contributed by atoms with Crippen LogP contribution < -0.4 is 5.32 Å². The third kappa shape index (κ3) is 2.94. The minimum absolute atomic E-state index is 0.0569. The second-order valence-corrected chi connectivity index (χ2v) is 6.83. The summed E-state index contributed by atoms with van der Waals surface area (Å²) in [6.45, 7) is 2.77. The molecule has 0 amide bonds. The first-order chi connectivity index (χ1) is 10.1. The molecule has 1 atom stereocenters. The molecule has 0 aromatic heterocycles. The van der Waals surface area contributed by atoms with Crippen LogP contribution in [0.5, 0.6) is 0 Å². The lowest BCUT2D eigenvalue weighted by Crippen LogP contribution is -2.15. The number of rotatable bonds is 4. The topological polar surface area (TPSA) is 55.4 Å². The van der Waals surface area contributed by atoms with Crippen molar-refractivity contribution in [1.82, 2.24) is 0 Å². The van der Waals surface area contributed by atoms with E-state index in [2.05, 4.69) is 5.32 Å². The minimum Gasteiger partial charge on any atom is -0.384 e. The number of anilines is 1. The number of aryl methyl sites for hydroxylation is 1. The van der Waals surface area contributed by atoms with E-state index < -0.39 is 10.1 Å². The number of nitrogens with one attached hydrogen (secondary N) is 1. The average Bonchev–Trinajstić information content (AvgIpc) is 2.89. The second kappa shape index (κ2) is 5.50. The Morgan fingerprint density at radius 2 is 1.86 bits per heavy atom. The fourth-order valence-corrected chi connectivity index (χ4v) is 3.40. The lowest BCUT2D eigenvalue weighted by molar-refractivity contribution is 0.298. The zero-order valence-electron chi connectivity index (χ0n) is 11.7. The van der Waals surface area contributed by atoms with Gasteiger partial charge in [-0.3, -0.25) is 4.18 Å². The average molecular weight is 303 g/mol. The lowest BCUT2D eigenvalue weighted by Gasteiger charge is -2.11. The SMILES string of the molecule is Cc1ccc(S(=O)(=O)OCC2CNc3ccccc32)cc1. The zero-order chi connectivity index (χ0) is 14.9. The van der Waals surface area contributed by atoms with Crippen molar-refractivity contribution in [2.45, 2.75) is 17.7 Å². The van der Waals surface area contributed by atoms with Gasteiger partial charge >= 0.3 is 0 Å². The molecule has 2 aromatic rings. The van der Waals surface area contributed by atoms with Gasteiger partial charge in [-0.05, 0) is 30.7 Å². The van der Waals surface area contributed by atoms with Gasteiger partial charge in [0.1, 0.15) is 0 Å². The van der Waals surface area contributed by atoms with E-state index >= 15 is 0 Å². The third-order valence-electron chi connectivity index (χ3n) is 3.67. The van der Waals surface area contributed by atoms with Gasteiger partial charge < -0.3 is 5.32 Å². The van der Waals surface area contributed by atoms with E-state index in [1.165, 1.54) is 0 Å². The number of para-hydroxylation sites is 1. The van der Waals surface area contributed by atoms with Crippen LogP contribution >= 0.6 is 0 Å². The van der Waals surface area contributed by atoms with Crippen LogP contribution in [0.15, 0.2) is 53.4 Å². The highest BCUT2D eigenvalue weighted by Crippen LogP contribution is 2.31. The van der Waals surface area contributed by atoms with Gasteiger partial charge in [0, 0.05) is 18.2 Å². The molecule has 1 heterocycles. The van der Waals surface area contributed by atoms with E-state index in [0.717, 1.165) is 16.8 Å². The second-order valence-electron chi connectivity index (χ2n) is 5.22. The van der Waals surface area contributed by atoms with Gasteiger partial charge in [0.2, 0.25) is 0 Å². The van der Waals surface area contributed by atoms with Crippen molar-refractivity contribution in [3.05, 3.63) is 59.7 Å². The van der Waals surface area contributed by atoms with Crippen molar-refractivity contribution < 1.29 is 12.6 Å². The largest absolute Gasteiger partial charge is 0.384 e. The smallest absolute Gasteiger partial charge is 0.296 e. The number of benzene rings is 2. The Labute approximate surface area is 124 Å². The number of hydrogen-bond acceptors (Lipinski definition) is 4. The molecule has 0 radical (unpaired) electrons. The van der Waals surface area contributed by atoms with Crippen LogP contribution in [0, 0.1) is 6.92 Å². The molecule has 1 unspecified atom stereocenters. The summed E-state index contributed by atoms with van der Waals surface area (Å²) in [5.74, 6) is 0.0569. The molecule has 4 nitrogen and oxygen atoms in total. The van der Waals surface area contributed by atoms with E-state index in [9.17, 15) is 8.42 Å². The Hall–Kier alpha value is -1.85. The summed E-state index contributed by atoms with van der Waals surface area (Å²) in [5, 5.41) is 3.26. The van der Waals surface area contributed by atoms with E-state index in [-0.39, 0.29) is 17.4 Å². The van der Waals surface area contributed by atoms with Crippen LogP contribution in [0.2, 0.25) is 0 Å². The van der Waals surface area contributed by atoms with Crippen molar-refractivity contribution in [3.63, 3.8) is 0 Å². The molecule has 0 saturated heterocycles. The summed E-state index contributed by atoms with van der Waals surface area (Å²) in [5.41, 5.74) is 3.18. The molecule has 1 aliphatic heterocycles. The van der Waals surface area contributed by atoms with Crippen molar-refractivity contribution in [1.29, 1.82) is 0 Å². The normalized spacial score (nSPS) is 17.3. The van der Waals surface area contributed by atoms with E-state index in [1.807, 2.05) is 31.2 Å². The summed E-state index contributed by atoms with van der Waals surface area (Å²) in [6, 6.07) is 14.6. The molecule has 110 valence electrons. The number of fused-ring (bicyclic) bond motifs is 1. The first-order valence-corrected chi connectivity index (χ1v) is 8.26. The summed E-state index contributed by atoms with van der Waals surface area (Å²) in [7, 11) is -3.69. The molecular weight excluding hydrogens is 286 g/mol. The molecule has 0 aliphatic carbocycles. The van der Waals surface area contributed by atoms with Gasteiger partial charge in [0.15, 0.2) is 0 Å². The molecular formula is C16H17NO3S. The lowest BCUT2D eigenvalue weighted by atomic mass is 10.0. The molecule has 1 N–H and O–H groups in total. The molecule has 3 rings (SSSR count). The van der Waals surface area contributed by atoms with Crippen LogP contribution in [0.4, 0.5) is 5.69 Å². The maximum absolute atomic E-state index is 12.2. The van der Waals surface area contributed by atoms with Gasteiger partial charge in [-0.1, -0.05) is 35.9 Å².